The monoisotopic (exact) mass is 743 g/mol. The Bertz CT molecular complexity index is 3310. The Balaban J connectivity index is 1.10. The average Bonchev–Trinajstić information content (AvgIpc) is 3.80. The van der Waals surface area contributed by atoms with Crippen LogP contribution in [0, 0.1) is 11.3 Å². The summed E-state index contributed by atoms with van der Waals surface area (Å²) in [6.07, 6.45) is 0. The zero-order chi connectivity index (χ0) is 37.7. The molecule has 0 saturated carbocycles. The van der Waals surface area contributed by atoms with Crippen LogP contribution in [0.3, 0.4) is 0 Å². The van der Waals surface area contributed by atoms with Crippen molar-refractivity contribution in [1.29, 1.82) is 5.26 Å². The topological polar surface area (TPSA) is 58.8 Å². The van der Waals surface area contributed by atoms with E-state index in [0.717, 1.165) is 76.9 Å². The van der Waals surface area contributed by atoms with Gasteiger partial charge in [0.25, 0.3) is 0 Å². The third-order valence-corrected chi connectivity index (χ3v) is 13.0. The molecule has 4 nitrogen and oxygen atoms in total. The lowest BCUT2D eigenvalue weighted by Crippen LogP contribution is -2.32. The quantitative estimate of drug-likeness (QED) is 0.181. The molecule has 1 spiro atoms. The van der Waals surface area contributed by atoms with Crippen molar-refractivity contribution < 1.29 is 4.74 Å². The first-order valence-corrected chi connectivity index (χ1v) is 19.9. The van der Waals surface area contributed by atoms with E-state index >= 15 is 0 Å². The summed E-state index contributed by atoms with van der Waals surface area (Å²) in [7, 11) is 0. The van der Waals surface area contributed by atoms with E-state index in [9.17, 15) is 5.26 Å². The molecule has 8 aromatic carbocycles. The fraction of sp³-hybridized carbons (Fsp3) is 0.0192. The van der Waals surface area contributed by atoms with Gasteiger partial charge in [0.05, 0.1) is 33.0 Å². The highest BCUT2D eigenvalue weighted by Gasteiger charge is 2.51. The molecule has 12 rings (SSSR count). The van der Waals surface area contributed by atoms with Crippen LogP contribution in [0.25, 0.3) is 76.0 Å². The van der Waals surface area contributed by atoms with E-state index in [1.54, 1.807) is 11.3 Å². The van der Waals surface area contributed by atoms with Crippen molar-refractivity contribution in [3.8, 4) is 62.5 Å². The van der Waals surface area contributed by atoms with Crippen molar-refractivity contribution in [3.63, 3.8) is 0 Å². The van der Waals surface area contributed by atoms with E-state index < -0.39 is 5.41 Å². The maximum Gasteiger partial charge on any atom is 0.161 e. The smallest absolute Gasteiger partial charge is 0.161 e. The third kappa shape index (κ3) is 4.48. The van der Waals surface area contributed by atoms with Crippen LogP contribution in [0.1, 0.15) is 27.8 Å². The number of aromatic nitrogens is 2. The van der Waals surface area contributed by atoms with Gasteiger partial charge in [-0.3, -0.25) is 0 Å². The highest BCUT2D eigenvalue weighted by atomic mass is 32.1. The molecule has 264 valence electrons. The minimum atomic E-state index is -0.532. The van der Waals surface area contributed by atoms with Gasteiger partial charge < -0.3 is 4.74 Å². The molecule has 3 heterocycles. The summed E-state index contributed by atoms with van der Waals surface area (Å²) in [5, 5.41) is 12.7. The molecule has 1 aliphatic heterocycles. The maximum atomic E-state index is 9.41. The second-order valence-corrected chi connectivity index (χ2v) is 15.8. The number of hydrogen-bond donors (Lipinski definition) is 0. The lowest BCUT2D eigenvalue weighted by atomic mass is 9.66. The summed E-state index contributed by atoms with van der Waals surface area (Å²) < 4.78 is 9.12. The van der Waals surface area contributed by atoms with Gasteiger partial charge in [-0.2, -0.15) is 5.26 Å². The Morgan fingerprint density at radius 1 is 0.491 bits per heavy atom. The van der Waals surface area contributed by atoms with Gasteiger partial charge in [-0.1, -0.05) is 140 Å². The highest BCUT2D eigenvalue weighted by Crippen LogP contribution is 2.62. The number of benzene rings is 8. The first-order valence-electron chi connectivity index (χ1n) is 19.0. The van der Waals surface area contributed by atoms with E-state index in [1.807, 2.05) is 24.3 Å². The molecule has 1 aliphatic carbocycles. The zero-order valence-electron chi connectivity index (χ0n) is 30.4. The van der Waals surface area contributed by atoms with Gasteiger partial charge in [0.1, 0.15) is 11.5 Å². The van der Waals surface area contributed by atoms with Crippen LogP contribution in [-0.4, -0.2) is 9.97 Å². The summed E-state index contributed by atoms with van der Waals surface area (Å²) in [5.74, 6) is 2.35. The van der Waals surface area contributed by atoms with E-state index in [4.69, 9.17) is 14.7 Å². The van der Waals surface area contributed by atoms with Crippen molar-refractivity contribution in [3.05, 3.63) is 204 Å². The number of ether oxygens (including phenoxy) is 1. The zero-order valence-corrected chi connectivity index (χ0v) is 31.2. The number of para-hydroxylation sites is 1. The Kier molecular flexibility index (Phi) is 6.75. The maximum absolute atomic E-state index is 9.41. The number of fused-ring (bicyclic) bond motifs is 13. The van der Waals surface area contributed by atoms with E-state index in [-0.39, 0.29) is 0 Å². The molecule has 0 N–H and O–H groups in total. The molecule has 5 heteroatoms. The second kappa shape index (κ2) is 12.1. The summed E-state index contributed by atoms with van der Waals surface area (Å²) in [6.45, 7) is 0. The van der Waals surface area contributed by atoms with Crippen LogP contribution in [0.15, 0.2) is 176 Å². The van der Waals surface area contributed by atoms with Crippen LogP contribution < -0.4 is 4.74 Å². The summed E-state index contributed by atoms with van der Waals surface area (Å²) in [4.78, 5) is 10.8. The molecule has 0 bridgehead atoms. The number of thiophene rings is 1. The molecule has 10 aromatic rings. The van der Waals surface area contributed by atoms with Gasteiger partial charge in [0.15, 0.2) is 5.82 Å². The normalized spacial score (nSPS) is 13.2. The van der Waals surface area contributed by atoms with Crippen molar-refractivity contribution in [2.45, 2.75) is 5.41 Å². The first-order chi connectivity index (χ1) is 28.2. The van der Waals surface area contributed by atoms with Crippen LogP contribution in [0.2, 0.25) is 0 Å². The molecule has 0 amide bonds. The summed E-state index contributed by atoms with van der Waals surface area (Å²) in [6, 6.07) is 64.0. The Hall–Kier alpha value is -7.39. The van der Waals surface area contributed by atoms with Gasteiger partial charge in [-0.15, -0.1) is 11.3 Å². The van der Waals surface area contributed by atoms with E-state index in [1.165, 1.54) is 27.0 Å². The first kappa shape index (κ1) is 31.9. The highest BCUT2D eigenvalue weighted by molar-refractivity contribution is 7.26. The molecule has 0 radical (unpaired) electrons. The molecular formula is C52H29N3OS. The minimum absolute atomic E-state index is 0.532. The van der Waals surface area contributed by atoms with Crippen molar-refractivity contribution in [1.82, 2.24) is 9.97 Å². The summed E-state index contributed by atoms with van der Waals surface area (Å²) >= 11 is 1.73. The second-order valence-electron chi connectivity index (χ2n) is 14.7. The average molecular weight is 744 g/mol. The Labute approximate surface area is 332 Å². The lowest BCUT2D eigenvalue weighted by molar-refractivity contribution is 0.436. The van der Waals surface area contributed by atoms with Gasteiger partial charge in [0, 0.05) is 32.3 Å². The molecular weight excluding hydrogens is 715 g/mol. The van der Waals surface area contributed by atoms with Gasteiger partial charge >= 0.3 is 0 Å². The van der Waals surface area contributed by atoms with Crippen LogP contribution >= 0.6 is 11.3 Å². The molecule has 2 aromatic heterocycles. The summed E-state index contributed by atoms with van der Waals surface area (Å²) in [5.41, 5.74) is 13.3. The fourth-order valence-corrected chi connectivity index (χ4v) is 10.5. The van der Waals surface area contributed by atoms with Crippen LogP contribution in [-0.2, 0) is 5.41 Å². The van der Waals surface area contributed by atoms with Gasteiger partial charge in [-0.05, 0) is 80.6 Å². The minimum Gasteiger partial charge on any atom is -0.457 e. The largest absolute Gasteiger partial charge is 0.457 e. The van der Waals surface area contributed by atoms with E-state index in [0.29, 0.717) is 11.4 Å². The fourth-order valence-electron chi connectivity index (χ4n) is 9.39. The molecule has 0 atom stereocenters. The van der Waals surface area contributed by atoms with Crippen LogP contribution in [0.5, 0.6) is 11.5 Å². The third-order valence-electron chi connectivity index (χ3n) is 11.8. The molecule has 57 heavy (non-hydrogen) atoms. The number of hydrogen-bond acceptors (Lipinski definition) is 5. The van der Waals surface area contributed by atoms with Crippen LogP contribution in [0.4, 0.5) is 0 Å². The van der Waals surface area contributed by atoms with Gasteiger partial charge in [-0.25, -0.2) is 9.97 Å². The lowest BCUT2D eigenvalue weighted by Gasteiger charge is -2.39. The number of rotatable bonds is 3. The molecule has 2 aliphatic rings. The van der Waals surface area contributed by atoms with Gasteiger partial charge in [0.2, 0.25) is 0 Å². The SMILES string of the molecule is N#Cc1ccc(-c2ccc(-c3nc(-c4ccc5c(c4)Oc4ccccc4C54c5ccccc5-c5ccccc54)c4sc5ccccc5c4n3)c3ccccc23)cc1. The van der Waals surface area contributed by atoms with Crippen molar-refractivity contribution in [2.24, 2.45) is 0 Å². The standard InChI is InChI=1S/C52H29N3OS/c53-30-31-21-23-32(24-22-31)34-26-27-39(36-12-2-1-11-35(34)36)51-54-48(50-49(55-51)40-15-5-10-20-47(40)57-50)33-25-28-44-46(29-33)56-45-19-9-8-18-43(45)52(44)41-16-6-3-13-37(41)38-14-4-7-17-42(38)52/h1-29H. The Morgan fingerprint density at radius 2 is 1.09 bits per heavy atom. The predicted octanol–water partition coefficient (Wildman–Crippen LogP) is 13.3. The van der Waals surface area contributed by atoms with Crippen molar-refractivity contribution >= 4 is 42.4 Å². The molecule has 0 saturated heterocycles. The number of nitriles is 1. The molecule has 0 unspecified atom stereocenters. The Morgan fingerprint density at radius 3 is 1.84 bits per heavy atom. The number of nitrogens with zero attached hydrogens (tertiary/aromatic N) is 3. The van der Waals surface area contributed by atoms with E-state index in [2.05, 4.69) is 158 Å². The predicted molar refractivity (Wildman–Crippen MR) is 231 cm³/mol. The van der Waals surface area contributed by atoms with Crippen molar-refractivity contribution in [2.75, 3.05) is 0 Å². The molecule has 0 fully saturated rings.